The van der Waals surface area contributed by atoms with Gasteiger partial charge in [0.05, 0.1) is 13.3 Å². The number of ketones is 1. The van der Waals surface area contributed by atoms with E-state index < -0.39 is 11.9 Å². The van der Waals surface area contributed by atoms with Crippen molar-refractivity contribution in [1.29, 1.82) is 0 Å². The summed E-state index contributed by atoms with van der Waals surface area (Å²) in [6.07, 6.45) is 3.29. The molecule has 1 atom stereocenters. The number of methoxy groups -OCH3 is 1. The molecule has 0 spiro atoms. The maximum atomic E-state index is 12.7. The molecule has 1 unspecified atom stereocenters. The summed E-state index contributed by atoms with van der Waals surface area (Å²) in [6.45, 7) is 0. The Morgan fingerprint density at radius 1 is 1.42 bits per heavy atom. The topological polar surface area (TPSA) is 119 Å². The lowest BCUT2D eigenvalue weighted by Crippen LogP contribution is -2.32. The van der Waals surface area contributed by atoms with Gasteiger partial charge >= 0.3 is 0 Å². The quantitative estimate of drug-likeness (QED) is 0.772. The average molecular weight is 354 g/mol. The van der Waals surface area contributed by atoms with Gasteiger partial charge in [0.25, 0.3) is 5.91 Å². The van der Waals surface area contributed by atoms with Crippen LogP contribution >= 0.6 is 0 Å². The van der Waals surface area contributed by atoms with Gasteiger partial charge in [0.2, 0.25) is 0 Å². The molecule has 1 aromatic carbocycles. The fourth-order valence-electron chi connectivity index (χ4n) is 3.62. The van der Waals surface area contributed by atoms with Crippen molar-refractivity contribution in [2.24, 2.45) is 5.73 Å². The van der Waals surface area contributed by atoms with Gasteiger partial charge in [0.1, 0.15) is 17.4 Å². The summed E-state index contributed by atoms with van der Waals surface area (Å²) in [5.41, 5.74) is 7.77. The van der Waals surface area contributed by atoms with Crippen LogP contribution in [0.2, 0.25) is 0 Å². The Morgan fingerprint density at radius 2 is 2.23 bits per heavy atom. The minimum Gasteiger partial charge on any atom is -0.504 e. The van der Waals surface area contributed by atoms with Gasteiger partial charge in [-0.05, 0) is 30.5 Å². The number of nitrogens with two attached hydrogens (primary N) is 1. The highest BCUT2D eigenvalue weighted by molar-refractivity contribution is 6.02. The molecule has 1 aliphatic heterocycles. The zero-order valence-corrected chi connectivity index (χ0v) is 14.2. The number of carbonyl (C=O) groups is 2. The first-order chi connectivity index (χ1) is 12.5. The second-order valence-corrected chi connectivity index (χ2v) is 6.34. The Hall–Kier alpha value is -3.29. The number of aromatic hydroxyl groups is 1. The minimum atomic E-state index is -0.596. The molecule has 4 N–H and O–H groups in total. The van der Waals surface area contributed by atoms with Gasteiger partial charge in [0, 0.05) is 17.7 Å². The van der Waals surface area contributed by atoms with E-state index in [1.54, 1.807) is 22.9 Å². The molecule has 1 amide bonds. The summed E-state index contributed by atoms with van der Waals surface area (Å²) >= 11 is 0. The summed E-state index contributed by atoms with van der Waals surface area (Å²) in [4.78, 5) is 24.4. The average Bonchev–Trinajstić information content (AvgIpc) is 3.04. The number of anilines is 1. The SMILES string of the molecule is COc1ccc(C2C3=C(CCCC3=O)Nc3c(C(N)=O)cnn32)cc1O. The zero-order chi connectivity index (χ0) is 18.4. The highest BCUT2D eigenvalue weighted by Crippen LogP contribution is 2.42. The van der Waals surface area contributed by atoms with Crippen LogP contribution in [-0.2, 0) is 4.79 Å². The van der Waals surface area contributed by atoms with Crippen molar-refractivity contribution in [3.8, 4) is 11.5 Å². The standard InChI is InChI=1S/C18H18N4O4/c1-26-14-6-5-9(7-13(14)24)16-15-11(3-2-4-12(15)23)21-18-10(17(19)25)8-20-22(16)18/h5-8,16,21,24H,2-4H2,1H3,(H2,19,25). The van der Waals surface area contributed by atoms with Crippen LogP contribution in [0.15, 0.2) is 35.7 Å². The van der Waals surface area contributed by atoms with Crippen molar-refractivity contribution in [3.05, 3.63) is 46.8 Å². The minimum absolute atomic E-state index is 0.0285. The van der Waals surface area contributed by atoms with E-state index in [1.165, 1.54) is 13.3 Å². The van der Waals surface area contributed by atoms with Crippen molar-refractivity contribution < 1.29 is 19.4 Å². The number of fused-ring (bicyclic) bond motifs is 1. The number of aromatic nitrogens is 2. The molecule has 0 saturated carbocycles. The zero-order valence-electron chi connectivity index (χ0n) is 14.2. The summed E-state index contributed by atoms with van der Waals surface area (Å²) in [5.74, 6) is 0.205. The second-order valence-electron chi connectivity index (χ2n) is 6.34. The molecule has 1 aliphatic carbocycles. The van der Waals surface area contributed by atoms with Gasteiger partial charge in [-0.25, -0.2) is 4.68 Å². The van der Waals surface area contributed by atoms with Crippen LogP contribution in [0.1, 0.15) is 41.2 Å². The van der Waals surface area contributed by atoms with Gasteiger partial charge < -0.3 is 20.9 Å². The number of phenolic OH excluding ortho intramolecular Hbond substituents is 1. The van der Waals surface area contributed by atoms with E-state index in [-0.39, 0.29) is 17.1 Å². The molecule has 8 heteroatoms. The van der Waals surface area contributed by atoms with E-state index in [4.69, 9.17) is 10.5 Å². The summed E-state index contributed by atoms with van der Waals surface area (Å²) in [5, 5.41) is 17.6. The molecule has 4 rings (SSSR count). The van der Waals surface area contributed by atoms with Crippen LogP contribution in [-0.4, -0.2) is 33.7 Å². The fourth-order valence-corrected chi connectivity index (χ4v) is 3.62. The highest BCUT2D eigenvalue weighted by Gasteiger charge is 2.37. The number of hydrogen-bond acceptors (Lipinski definition) is 6. The van der Waals surface area contributed by atoms with Gasteiger partial charge in [-0.15, -0.1) is 0 Å². The number of benzene rings is 1. The van der Waals surface area contributed by atoms with Crippen molar-refractivity contribution in [1.82, 2.24) is 9.78 Å². The molecule has 0 saturated heterocycles. The Morgan fingerprint density at radius 3 is 2.92 bits per heavy atom. The van der Waals surface area contributed by atoms with Crippen molar-refractivity contribution >= 4 is 17.5 Å². The van der Waals surface area contributed by atoms with Crippen LogP contribution in [0.25, 0.3) is 0 Å². The highest BCUT2D eigenvalue weighted by atomic mass is 16.5. The molecule has 0 radical (unpaired) electrons. The lowest BCUT2D eigenvalue weighted by Gasteiger charge is -2.33. The monoisotopic (exact) mass is 354 g/mol. The van der Waals surface area contributed by atoms with E-state index in [2.05, 4.69) is 10.4 Å². The van der Waals surface area contributed by atoms with Gasteiger partial charge in [-0.1, -0.05) is 6.07 Å². The lowest BCUT2D eigenvalue weighted by atomic mass is 9.85. The van der Waals surface area contributed by atoms with Crippen molar-refractivity contribution in [2.75, 3.05) is 12.4 Å². The number of nitrogens with zero attached hydrogens (tertiary/aromatic N) is 2. The predicted octanol–water partition coefficient (Wildman–Crippen LogP) is 1.72. The fraction of sp³-hybridized carbons (Fsp3) is 0.278. The van der Waals surface area contributed by atoms with Crippen LogP contribution in [0.4, 0.5) is 5.82 Å². The number of rotatable bonds is 3. The number of amides is 1. The number of ether oxygens (including phenoxy) is 1. The number of nitrogens with one attached hydrogen (secondary N) is 1. The Balaban J connectivity index is 1.92. The third-order valence-corrected chi connectivity index (χ3v) is 4.82. The van der Waals surface area contributed by atoms with E-state index in [0.717, 1.165) is 12.1 Å². The van der Waals surface area contributed by atoms with E-state index in [1.807, 2.05) is 0 Å². The first-order valence-corrected chi connectivity index (χ1v) is 8.28. The number of primary amides is 1. The molecule has 0 fully saturated rings. The molecule has 134 valence electrons. The number of hydrogen-bond donors (Lipinski definition) is 3. The van der Waals surface area contributed by atoms with E-state index >= 15 is 0 Å². The molecular weight excluding hydrogens is 336 g/mol. The lowest BCUT2D eigenvalue weighted by molar-refractivity contribution is -0.116. The Kier molecular flexibility index (Phi) is 3.68. The maximum Gasteiger partial charge on any atom is 0.254 e. The van der Waals surface area contributed by atoms with E-state index in [0.29, 0.717) is 35.5 Å². The maximum absolute atomic E-state index is 12.7. The molecule has 1 aromatic heterocycles. The molecular formula is C18H18N4O4. The first kappa shape index (κ1) is 16.2. The van der Waals surface area contributed by atoms with Crippen LogP contribution in [0.5, 0.6) is 11.5 Å². The van der Waals surface area contributed by atoms with Crippen molar-refractivity contribution in [2.45, 2.75) is 25.3 Å². The van der Waals surface area contributed by atoms with Crippen LogP contribution in [0, 0.1) is 0 Å². The van der Waals surface area contributed by atoms with Gasteiger partial charge in [-0.3, -0.25) is 9.59 Å². The third kappa shape index (κ3) is 2.33. The number of allylic oxidation sites excluding steroid dienone is 2. The number of Topliss-reactive ketones (excluding diaryl/α,β-unsaturated/α-hetero) is 1. The first-order valence-electron chi connectivity index (χ1n) is 8.28. The molecule has 2 aliphatic rings. The summed E-state index contributed by atoms with van der Waals surface area (Å²) in [6, 6.07) is 4.42. The Labute approximate surface area is 149 Å². The Bertz CT molecular complexity index is 960. The predicted molar refractivity (Wildman–Crippen MR) is 93.0 cm³/mol. The molecule has 2 aromatic rings. The van der Waals surface area contributed by atoms with Crippen LogP contribution in [0.3, 0.4) is 0 Å². The molecule has 0 bridgehead atoms. The summed E-state index contributed by atoms with van der Waals surface area (Å²) < 4.78 is 6.67. The third-order valence-electron chi connectivity index (χ3n) is 4.82. The number of phenols is 1. The largest absolute Gasteiger partial charge is 0.504 e. The van der Waals surface area contributed by atoms with Crippen molar-refractivity contribution in [3.63, 3.8) is 0 Å². The van der Waals surface area contributed by atoms with Gasteiger partial charge in [-0.2, -0.15) is 5.10 Å². The van der Waals surface area contributed by atoms with Crippen LogP contribution < -0.4 is 15.8 Å². The second kappa shape index (κ2) is 5.91. The molecule has 2 heterocycles. The normalized spacial score (nSPS) is 18.8. The smallest absolute Gasteiger partial charge is 0.254 e. The molecule has 8 nitrogen and oxygen atoms in total. The number of carbonyl (C=O) groups excluding carboxylic acids is 2. The van der Waals surface area contributed by atoms with E-state index in [9.17, 15) is 14.7 Å². The summed E-state index contributed by atoms with van der Waals surface area (Å²) in [7, 11) is 1.47. The van der Waals surface area contributed by atoms with Gasteiger partial charge in [0.15, 0.2) is 17.3 Å². The molecule has 26 heavy (non-hydrogen) atoms.